The summed E-state index contributed by atoms with van der Waals surface area (Å²) in [7, 11) is 0. The smallest absolute Gasteiger partial charge is 0.434 e. The number of rotatable bonds is 5. The molecule has 0 spiro atoms. The van der Waals surface area contributed by atoms with Crippen molar-refractivity contribution in [2.75, 3.05) is 6.61 Å². The Morgan fingerprint density at radius 1 is 1.05 bits per heavy atom. The molecule has 1 rings (SSSR count). The van der Waals surface area contributed by atoms with Crippen LogP contribution in [0, 0.1) is 0 Å². The van der Waals surface area contributed by atoms with Gasteiger partial charge >= 0.3 is 12.3 Å². The molecule has 0 amide bonds. The van der Waals surface area contributed by atoms with Gasteiger partial charge in [-0.25, -0.2) is 9.59 Å². The highest BCUT2D eigenvalue weighted by Gasteiger charge is 2.34. The molecule has 20 heavy (non-hydrogen) atoms. The Kier molecular flexibility index (Phi) is 6.61. The average molecular weight is 288 g/mol. The Morgan fingerprint density at radius 2 is 1.65 bits per heavy atom. The maximum Gasteiger partial charge on any atom is 0.511 e. The van der Waals surface area contributed by atoms with Gasteiger partial charge in [-0.05, 0) is 32.6 Å². The van der Waals surface area contributed by atoms with Gasteiger partial charge in [0.1, 0.15) is 6.10 Å². The highest BCUT2D eigenvalue weighted by Crippen LogP contribution is 2.23. The minimum absolute atomic E-state index is 0.0973. The molecule has 0 saturated heterocycles. The molecule has 1 aliphatic rings. The standard InChI is InChI=1S/C14H24O6/c1-4-14(3,19-12(15)17-5-2)20-13(16)18-11-9-7-6-8-10-11/h11H,4-10H2,1-3H3. The van der Waals surface area contributed by atoms with Gasteiger partial charge < -0.3 is 18.9 Å². The monoisotopic (exact) mass is 288 g/mol. The summed E-state index contributed by atoms with van der Waals surface area (Å²) < 4.78 is 20.0. The van der Waals surface area contributed by atoms with E-state index >= 15 is 0 Å². The molecule has 0 radical (unpaired) electrons. The second kappa shape index (κ2) is 7.97. The van der Waals surface area contributed by atoms with Crippen LogP contribution in [0.25, 0.3) is 0 Å². The molecule has 1 aliphatic carbocycles. The second-order valence-electron chi connectivity index (χ2n) is 5.00. The first-order valence-corrected chi connectivity index (χ1v) is 7.24. The summed E-state index contributed by atoms with van der Waals surface area (Å²) in [6.07, 6.45) is 3.56. The van der Waals surface area contributed by atoms with E-state index in [-0.39, 0.29) is 12.7 Å². The maximum atomic E-state index is 11.7. The topological polar surface area (TPSA) is 71.1 Å². The molecule has 0 aromatic rings. The van der Waals surface area contributed by atoms with Gasteiger partial charge in [-0.1, -0.05) is 13.3 Å². The van der Waals surface area contributed by atoms with Crippen LogP contribution in [0.5, 0.6) is 0 Å². The average Bonchev–Trinajstić information content (AvgIpc) is 2.39. The third-order valence-electron chi connectivity index (χ3n) is 3.32. The minimum Gasteiger partial charge on any atom is -0.434 e. The summed E-state index contributed by atoms with van der Waals surface area (Å²) in [5, 5.41) is 0. The normalized spacial score (nSPS) is 18.8. The van der Waals surface area contributed by atoms with Gasteiger partial charge in [-0.3, -0.25) is 0 Å². The Hall–Kier alpha value is -1.46. The lowest BCUT2D eigenvalue weighted by molar-refractivity contribution is -0.182. The molecule has 0 aromatic carbocycles. The van der Waals surface area contributed by atoms with Crippen LogP contribution in [0.1, 0.15) is 59.3 Å². The predicted octanol–water partition coefficient (Wildman–Crippen LogP) is 3.77. The van der Waals surface area contributed by atoms with E-state index in [2.05, 4.69) is 4.74 Å². The molecule has 0 N–H and O–H groups in total. The molecule has 1 saturated carbocycles. The number of hydrogen-bond donors (Lipinski definition) is 0. The van der Waals surface area contributed by atoms with E-state index in [1.54, 1.807) is 13.8 Å². The number of hydrogen-bond acceptors (Lipinski definition) is 6. The fraction of sp³-hybridized carbons (Fsp3) is 0.857. The van der Waals surface area contributed by atoms with E-state index in [9.17, 15) is 9.59 Å². The van der Waals surface area contributed by atoms with Crippen LogP contribution >= 0.6 is 0 Å². The van der Waals surface area contributed by atoms with E-state index in [0.29, 0.717) is 6.42 Å². The van der Waals surface area contributed by atoms with Crippen molar-refractivity contribution in [1.29, 1.82) is 0 Å². The maximum absolute atomic E-state index is 11.7. The summed E-state index contributed by atoms with van der Waals surface area (Å²) in [5.74, 6) is -1.36. The molecule has 116 valence electrons. The van der Waals surface area contributed by atoms with Crippen molar-refractivity contribution in [1.82, 2.24) is 0 Å². The first-order valence-electron chi connectivity index (χ1n) is 7.24. The van der Waals surface area contributed by atoms with Crippen LogP contribution < -0.4 is 0 Å². The molecular weight excluding hydrogens is 264 g/mol. The van der Waals surface area contributed by atoms with Crippen LogP contribution in [-0.2, 0) is 18.9 Å². The van der Waals surface area contributed by atoms with Crippen molar-refractivity contribution in [2.45, 2.75) is 71.2 Å². The zero-order valence-corrected chi connectivity index (χ0v) is 12.5. The van der Waals surface area contributed by atoms with Gasteiger partial charge in [0, 0.05) is 13.3 Å². The fourth-order valence-corrected chi connectivity index (χ4v) is 2.01. The molecule has 6 nitrogen and oxygen atoms in total. The predicted molar refractivity (Wildman–Crippen MR) is 71.2 cm³/mol. The van der Waals surface area contributed by atoms with Crippen molar-refractivity contribution >= 4 is 12.3 Å². The number of carbonyl (C=O) groups excluding carboxylic acids is 2. The zero-order chi connectivity index (χ0) is 15.0. The zero-order valence-electron chi connectivity index (χ0n) is 12.5. The molecule has 0 bridgehead atoms. The highest BCUT2D eigenvalue weighted by atomic mass is 16.8. The third kappa shape index (κ3) is 5.67. The summed E-state index contributed by atoms with van der Waals surface area (Å²) >= 11 is 0. The van der Waals surface area contributed by atoms with Crippen LogP contribution in [0.2, 0.25) is 0 Å². The minimum atomic E-state index is -1.36. The molecule has 6 heteroatoms. The van der Waals surface area contributed by atoms with E-state index in [1.807, 2.05) is 0 Å². The van der Waals surface area contributed by atoms with Gasteiger partial charge in [0.25, 0.3) is 5.79 Å². The van der Waals surface area contributed by atoms with Crippen molar-refractivity contribution in [3.05, 3.63) is 0 Å². The summed E-state index contributed by atoms with van der Waals surface area (Å²) in [4.78, 5) is 23.1. The molecular formula is C14H24O6. The molecule has 1 atom stereocenters. The van der Waals surface area contributed by atoms with Crippen molar-refractivity contribution in [3.8, 4) is 0 Å². The Morgan fingerprint density at radius 3 is 2.20 bits per heavy atom. The van der Waals surface area contributed by atoms with E-state index in [0.717, 1.165) is 25.7 Å². The summed E-state index contributed by atoms with van der Waals surface area (Å²) in [6.45, 7) is 5.12. The lowest BCUT2D eigenvalue weighted by atomic mass is 9.98. The molecule has 0 aliphatic heterocycles. The van der Waals surface area contributed by atoms with Gasteiger partial charge in [0.05, 0.1) is 6.61 Å². The first-order chi connectivity index (χ1) is 9.49. The first kappa shape index (κ1) is 16.6. The van der Waals surface area contributed by atoms with Gasteiger partial charge in [0.15, 0.2) is 0 Å². The van der Waals surface area contributed by atoms with E-state index in [1.165, 1.54) is 13.3 Å². The van der Waals surface area contributed by atoms with Crippen molar-refractivity contribution < 1.29 is 28.5 Å². The van der Waals surface area contributed by atoms with E-state index in [4.69, 9.17) is 14.2 Å². The Balaban J connectivity index is 2.44. The summed E-state index contributed by atoms with van der Waals surface area (Å²) in [5.41, 5.74) is 0. The van der Waals surface area contributed by atoms with Crippen LogP contribution in [0.15, 0.2) is 0 Å². The Labute approximate surface area is 119 Å². The molecule has 1 fully saturated rings. The number of carbonyl (C=O) groups is 2. The largest absolute Gasteiger partial charge is 0.511 e. The molecule has 0 aromatic heterocycles. The lowest BCUT2D eigenvalue weighted by Gasteiger charge is -2.28. The van der Waals surface area contributed by atoms with Crippen LogP contribution in [0.4, 0.5) is 9.59 Å². The lowest BCUT2D eigenvalue weighted by Crippen LogP contribution is -2.38. The van der Waals surface area contributed by atoms with Crippen LogP contribution in [-0.4, -0.2) is 30.8 Å². The number of ether oxygens (including phenoxy) is 4. The van der Waals surface area contributed by atoms with E-state index < -0.39 is 18.1 Å². The molecule has 0 heterocycles. The summed E-state index contributed by atoms with van der Waals surface area (Å²) in [6, 6.07) is 0. The van der Waals surface area contributed by atoms with Gasteiger partial charge in [-0.2, -0.15) is 0 Å². The Bertz CT molecular complexity index is 324. The van der Waals surface area contributed by atoms with Gasteiger partial charge in [0.2, 0.25) is 0 Å². The SMILES string of the molecule is CCOC(=O)OC(C)(CC)OC(=O)OC1CCCCC1. The fourth-order valence-electron chi connectivity index (χ4n) is 2.01. The van der Waals surface area contributed by atoms with Crippen LogP contribution in [0.3, 0.4) is 0 Å². The third-order valence-corrected chi connectivity index (χ3v) is 3.32. The van der Waals surface area contributed by atoms with Gasteiger partial charge in [-0.15, -0.1) is 0 Å². The van der Waals surface area contributed by atoms with Crippen molar-refractivity contribution in [2.24, 2.45) is 0 Å². The van der Waals surface area contributed by atoms with Crippen molar-refractivity contribution in [3.63, 3.8) is 0 Å². The highest BCUT2D eigenvalue weighted by molar-refractivity contribution is 5.63. The molecule has 1 unspecified atom stereocenters. The second-order valence-corrected chi connectivity index (χ2v) is 5.00. The quantitative estimate of drug-likeness (QED) is 0.566.